The number of hydrogen-bond donors (Lipinski definition) is 0. The summed E-state index contributed by atoms with van der Waals surface area (Å²) in [4.78, 5) is 0. The first-order chi connectivity index (χ1) is 15.6. The molecule has 0 radical (unpaired) electrons. The van der Waals surface area contributed by atoms with Crippen molar-refractivity contribution >= 4 is 0 Å². The molecule has 4 aliphatic rings. The SMILES string of the molecule is COC[C@H]1O[C@@H](OC[C@H]2O[C@@H]3OC(C)(C)O[C@@H]3[C@H]3OC(C)(C)O[C@H]32)[C@H](OC)[C@@H](OC)[C@@H]1OC. The van der Waals surface area contributed by atoms with Crippen molar-refractivity contribution < 1.29 is 52.1 Å². The van der Waals surface area contributed by atoms with Crippen molar-refractivity contribution in [3.05, 3.63) is 0 Å². The molecule has 4 rings (SSSR count). The first kappa shape index (κ1) is 25.6. The van der Waals surface area contributed by atoms with Crippen LogP contribution in [0.1, 0.15) is 27.7 Å². The van der Waals surface area contributed by atoms with Crippen molar-refractivity contribution in [2.75, 3.05) is 41.7 Å². The van der Waals surface area contributed by atoms with Crippen molar-refractivity contribution in [2.24, 2.45) is 0 Å². The third-order valence-corrected chi connectivity index (χ3v) is 6.41. The summed E-state index contributed by atoms with van der Waals surface area (Å²) in [6.45, 7) is 7.91. The molecule has 0 aromatic carbocycles. The standard InChI is InChI=1S/C22H38O11/c1-21(2)30-14-12(29-20-18(16(14)31-21)32-22(3,4)33-20)10-27-19-17(26-8)15(25-7)13(24-6)11(28-19)9-23-5/h11-20H,9-10H2,1-8H3/t11-,12-,13-,14+,15+,16+,17-,18-,19-,20-/m1/s1. The van der Waals surface area contributed by atoms with Gasteiger partial charge >= 0.3 is 0 Å². The van der Waals surface area contributed by atoms with Gasteiger partial charge in [0.1, 0.15) is 48.8 Å². The Balaban J connectivity index is 1.48. The van der Waals surface area contributed by atoms with Gasteiger partial charge in [-0.05, 0) is 27.7 Å². The first-order valence-electron chi connectivity index (χ1n) is 11.3. The second-order valence-electron chi connectivity index (χ2n) is 9.64. The van der Waals surface area contributed by atoms with Crippen LogP contribution in [0.25, 0.3) is 0 Å². The minimum absolute atomic E-state index is 0.159. The van der Waals surface area contributed by atoms with Gasteiger partial charge in [-0.1, -0.05) is 0 Å². The van der Waals surface area contributed by atoms with Crippen LogP contribution in [-0.4, -0.2) is 115 Å². The monoisotopic (exact) mass is 478 g/mol. The smallest absolute Gasteiger partial charge is 0.190 e. The lowest BCUT2D eigenvalue weighted by atomic mass is 9.98. The third-order valence-electron chi connectivity index (χ3n) is 6.41. The fourth-order valence-electron chi connectivity index (χ4n) is 5.13. The summed E-state index contributed by atoms with van der Waals surface area (Å²) < 4.78 is 65.3. The van der Waals surface area contributed by atoms with Crippen molar-refractivity contribution in [2.45, 2.75) is 101 Å². The fraction of sp³-hybridized carbons (Fsp3) is 1.00. The zero-order valence-corrected chi connectivity index (χ0v) is 20.7. The number of ether oxygens (including phenoxy) is 11. The van der Waals surface area contributed by atoms with Gasteiger partial charge in [0.25, 0.3) is 0 Å². The second-order valence-corrected chi connectivity index (χ2v) is 9.64. The average molecular weight is 479 g/mol. The average Bonchev–Trinajstić information content (AvgIpc) is 3.25. The predicted molar refractivity (Wildman–Crippen MR) is 111 cm³/mol. The minimum Gasteiger partial charge on any atom is -0.382 e. The molecule has 0 bridgehead atoms. The maximum atomic E-state index is 6.23. The van der Waals surface area contributed by atoms with Crippen molar-refractivity contribution in [1.82, 2.24) is 0 Å². The normalized spacial score (nSPS) is 46.2. The first-order valence-corrected chi connectivity index (χ1v) is 11.3. The summed E-state index contributed by atoms with van der Waals surface area (Å²) in [6.07, 6.45) is -4.68. The quantitative estimate of drug-likeness (QED) is 0.495. The van der Waals surface area contributed by atoms with Crippen LogP contribution in [0.15, 0.2) is 0 Å². The van der Waals surface area contributed by atoms with E-state index in [0.29, 0.717) is 6.61 Å². The number of rotatable bonds is 8. The van der Waals surface area contributed by atoms with E-state index in [9.17, 15) is 0 Å². The Bertz CT molecular complexity index is 658. The van der Waals surface area contributed by atoms with Crippen molar-refractivity contribution in [1.29, 1.82) is 0 Å². The van der Waals surface area contributed by atoms with Gasteiger partial charge in [-0.2, -0.15) is 0 Å². The molecule has 4 heterocycles. The van der Waals surface area contributed by atoms with Gasteiger partial charge in [0, 0.05) is 28.4 Å². The van der Waals surface area contributed by atoms with Crippen LogP contribution in [0.5, 0.6) is 0 Å². The van der Waals surface area contributed by atoms with Gasteiger partial charge in [-0.25, -0.2) is 0 Å². The summed E-state index contributed by atoms with van der Waals surface area (Å²) in [5.74, 6) is -1.57. The molecule has 0 spiro atoms. The van der Waals surface area contributed by atoms with E-state index in [1.54, 1.807) is 28.4 Å². The lowest BCUT2D eigenvalue weighted by Crippen LogP contribution is -2.62. The van der Waals surface area contributed by atoms with E-state index in [0.717, 1.165) is 0 Å². The van der Waals surface area contributed by atoms with Crippen LogP contribution >= 0.6 is 0 Å². The Morgan fingerprint density at radius 3 is 1.85 bits per heavy atom. The molecule has 0 unspecified atom stereocenters. The van der Waals surface area contributed by atoms with E-state index in [2.05, 4.69) is 0 Å². The highest BCUT2D eigenvalue weighted by molar-refractivity contribution is 5.00. The summed E-state index contributed by atoms with van der Waals surface area (Å²) in [5, 5.41) is 0. The molecule has 0 aromatic rings. The molecule has 0 aliphatic carbocycles. The van der Waals surface area contributed by atoms with Gasteiger partial charge in [-0.3, -0.25) is 0 Å². The lowest BCUT2D eigenvalue weighted by molar-refractivity contribution is -0.324. The largest absolute Gasteiger partial charge is 0.382 e. The molecule has 4 fully saturated rings. The topological polar surface area (TPSA) is 102 Å². The lowest BCUT2D eigenvalue weighted by Gasteiger charge is -2.45. The van der Waals surface area contributed by atoms with Gasteiger partial charge in [0.2, 0.25) is 0 Å². The summed E-state index contributed by atoms with van der Waals surface area (Å²) >= 11 is 0. The van der Waals surface area contributed by atoms with Crippen LogP contribution in [0, 0.1) is 0 Å². The molecule has 0 aromatic heterocycles. The van der Waals surface area contributed by atoms with Gasteiger partial charge in [0.05, 0.1) is 13.2 Å². The molecule has 4 aliphatic heterocycles. The van der Waals surface area contributed by atoms with E-state index in [1.807, 2.05) is 27.7 Å². The van der Waals surface area contributed by atoms with Crippen LogP contribution in [0.3, 0.4) is 0 Å². The van der Waals surface area contributed by atoms with E-state index >= 15 is 0 Å². The number of fused-ring (bicyclic) bond motifs is 3. The van der Waals surface area contributed by atoms with E-state index in [-0.39, 0.29) is 18.8 Å². The van der Waals surface area contributed by atoms with Gasteiger partial charge < -0.3 is 52.1 Å². The highest BCUT2D eigenvalue weighted by Gasteiger charge is 2.61. The molecule has 11 heteroatoms. The van der Waals surface area contributed by atoms with Gasteiger partial charge in [-0.15, -0.1) is 0 Å². The Labute approximate surface area is 195 Å². The Morgan fingerprint density at radius 1 is 0.606 bits per heavy atom. The Hall–Kier alpha value is -0.440. The number of hydrogen-bond acceptors (Lipinski definition) is 11. The van der Waals surface area contributed by atoms with Crippen molar-refractivity contribution in [3.63, 3.8) is 0 Å². The fourth-order valence-corrected chi connectivity index (χ4v) is 5.13. The zero-order valence-electron chi connectivity index (χ0n) is 20.7. The second kappa shape index (κ2) is 9.90. The van der Waals surface area contributed by atoms with Crippen LogP contribution in [-0.2, 0) is 52.1 Å². The highest BCUT2D eigenvalue weighted by Crippen LogP contribution is 2.44. The third kappa shape index (κ3) is 5.10. The Morgan fingerprint density at radius 2 is 1.21 bits per heavy atom. The zero-order chi connectivity index (χ0) is 24.0. The predicted octanol–water partition coefficient (Wildman–Crippen LogP) is 0.816. The highest BCUT2D eigenvalue weighted by atomic mass is 16.9. The molecule has 0 N–H and O–H groups in total. The molecular formula is C22H38O11. The minimum atomic E-state index is -0.784. The van der Waals surface area contributed by atoms with E-state index in [4.69, 9.17) is 52.1 Å². The van der Waals surface area contributed by atoms with Crippen LogP contribution < -0.4 is 0 Å². The molecule has 11 nitrogen and oxygen atoms in total. The number of methoxy groups -OCH3 is 4. The van der Waals surface area contributed by atoms with Gasteiger partial charge in [0.15, 0.2) is 24.2 Å². The van der Waals surface area contributed by atoms with Crippen LogP contribution in [0.4, 0.5) is 0 Å². The van der Waals surface area contributed by atoms with Crippen LogP contribution in [0.2, 0.25) is 0 Å². The van der Waals surface area contributed by atoms with Crippen molar-refractivity contribution in [3.8, 4) is 0 Å². The molecule has 192 valence electrons. The molecular weight excluding hydrogens is 440 g/mol. The maximum absolute atomic E-state index is 6.23. The molecule has 33 heavy (non-hydrogen) atoms. The van der Waals surface area contributed by atoms with E-state index < -0.39 is 60.8 Å². The molecule has 4 saturated heterocycles. The molecule has 0 saturated carbocycles. The Kier molecular flexibility index (Phi) is 7.70. The molecule has 0 amide bonds. The summed E-state index contributed by atoms with van der Waals surface area (Å²) in [7, 11) is 6.40. The maximum Gasteiger partial charge on any atom is 0.190 e. The summed E-state index contributed by atoms with van der Waals surface area (Å²) in [5.41, 5.74) is 0. The van der Waals surface area contributed by atoms with E-state index in [1.165, 1.54) is 0 Å². The summed E-state index contributed by atoms with van der Waals surface area (Å²) in [6, 6.07) is 0. The molecule has 10 atom stereocenters.